The molecular formula is C11H7BrF2OS. The van der Waals surface area contributed by atoms with Crippen LogP contribution in [0, 0.1) is 11.6 Å². The third-order valence-corrected chi connectivity index (χ3v) is 3.70. The molecule has 1 unspecified atom stereocenters. The predicted molar refractivity (Wildman–Crippen MR) is 62.4 cm³/mol. The lowest BCUT2D eigenvalue weighted by Crippen LogP contribution is -2.02. The molecule has 1 heterocycles. The number of aliphatic hydroxyl groups excluding tert-OH is 1. The van der Waals surface area contributed by atoms with Crippen LogP contribution in [-0.2, 0) is 0 Å². The Labute approximate surface area is 103 Å². The lowest BCUT2D eigenvalue weighted by atomic mass is 10.0. The average Bonchev–Trinajstić information content (AvgIpc) is 2.68. The highest BCUT2D eigenvalue weighted by atomic mass is 79.9. The maximum atomic E-state index is 13.4. The van der Waals surface area contributed by atoms with Gasteiger partial charge in [0.05, 0.1) is 3.79 Å². The Morgan fingerprint density at radius 1 is 1.31 bits per heavy atom. The van der Waals surface area contributed by atoms with Crippen LogP contribution in [0.15, 0.2) is 33.4 Å². The number of rotatable bonds is 2. The first-order valence-electron chi connectivity index (χ1n) is 4.45. The zero-order valence-electron chi connectivity index (χ0n) is 7.95. The Morgan fingerprint density at radius 3 is 2.69 bits per heavy atom. The fourth-order valence-corrected chi connectivity index (χ4v) is 2.57. The highest BCUT2D eigenvalue weighted by Gasteiger charge is 2.18. The lowest BCUT2D eigenvalue weighted by Gasteiger charge is -2.10. The number of benzene rings is 1. The second-order valence-electron chi connectivity index (χ2n) is 3.23. The summed E-state index contributed by atoms with van der Waals surface area (Å²) < 4.78 is 27.2. The van der Waals surface area contributed by atoms with Crippen molar-refractivity contribution in [2.24, 2.45) is 0 Å². The van der Waals surface area contributed by atoms with Gasteiger partial charge in [-0.15, -0.1) is 11.3 Å². The minimum Gasteiger partial charge on any atom is -0.384 e. The first-order valence-corrected chi connectivity index (χ1v) is 6.13. The van der Waals surface area contributed by atoms with E-state index in [0.29, 0.717) is 5.56 Å². The van der Waals surface area contributed by atoms with Crippen LogP contribution in [0.4, 0.5) is 8.78 Å². The molecule has 16 heavy (non-hydrogen) atoms. The van der Waals surface area contributed by atoms with E-state index in [0.717, 1.165) is 9.85 Å². The molecule has 0 aliphatic rings. The SMILES string of the molecule is OC(c1csc(Br)c1)c1cccc(F)c1F. The van der Waals surface area contributed by atoms with Gasteiger partial charge in [-0.2, -0.15) is 0 Å². The van der Waals surface area contributed by atoms with Crippen molar-refractivity contribution in [2.45, 2.75) is 6.10 Å². The highest BCUT2D eigenvalue weighted by molar-refractivity contribution is 9.11. The summed E-state index contributed by atoms with van der Waals surface area (Å²) in [4.78, 5) is 0. The molecule has 0 radical (unpaired) electrons. The molecule has 0 aliphatic carbocycles. The molecule has 84 valence electrons. The number of halogens is 3. The third kappa shape index (κ3) is 2.16. The van der Waals surface area contributed by atoms with Gasteiger partial charge in [0.2, 0.25) is 0 Å². The van der Waals surface area contributed by atoms with Gasteiger partial charge < -0.3 is 5.11 Å². The van der Waals surface area contributed by atoms with Crippen molar-refractivity contribution in [2.75, 3.05) is 0 Å². The van der Waals surface area contributed by atoms with Crippen molar-refractivity contribution in [1.29, 1.82) is 0 Å². The monoisotopic (exact) mass is 304 g/mol. The van der Waals surface area contributed by atoms with Gasteiger partial charge in [0.1, 0.15) is 6.10 Å². The van der Waals surface area contributed by atoms with Gasteiger partial charge in [0.15, 0.2) is 11.6 Å². The van der Waals surface area contributed by atoms with Crippen LogP contribution in [0.5, 0.6) is 0 Å². The van der Waals surface area contributed by atoms with Crippen LogP contribution in [0.3, 0.4) is 0 Å². The third-order valence-electron chi connectivity index (χ3n) is 2.18. The van der Waals surface area contributed by atoms with E-state index < -0.39 is 17.7 Å². The molecule has 1 aromatic heterocycles. The number of hydrogen-bond acceptors (Lipinski definition) is 2. The Hall–Kier alpha value is -0.780. The minimum atomic E-state index is -1.14. The predicted octanol–water partition coefficient (Wildman–Crippen LogP) is 3.87. The van der Waals surface area contributed by atoms with Crippen molar-refractivity contribution >= 4 is 27.3 Å². The molecular weight excluding hydrogens is 298 g/mol. The molecule has 0 saturated heterocycles. The van der Waals surface area contributed by atoms with E-state index in [1.807, 2.05) is 0 Å². The maximum Gasteiger partial charge on any atom is 0.164 e. The molecule has 0 saturated carbocycles. The molecule has 5 heteroatoms. The molecule has 1 aromatic carbocycles. The fraction of sp³-hybridized carbons (Fsp3) is 0.0909. The summed E-state index contributed by atoms with van der Waals surface area (Å²) in [5.41, 5.74) is 0.492. The van der Waals surface area contributed by atoms with Crippen molar-refractivity contribution in [3.05, 3.63) is 56.2 Å². The standard InChI is InChI=1S/C11H7BrF2OS/c12-9-4-6(5-16-9)11(15)7-2-1-3-8(13)10(7)14/h1-5,11,15H. The molecule has 1 nitrogen and oxygen atoms in total. The van der Waals surface area contributed by atoms with Crippen molar-refractivity contribution in [3.8, 4) is 0 Å². The van der Waals surface area contributed by atoms with Gasteiger partial charge >= 0.3 is 0 Å². The zero-order valence-corrected chi connectivity index (χ0v) is 10.4. The number of thiophene rings is 1. The summed E-state index contributed by atoms with van der Waals surface area (Å²) in [7, 11) is 0. The van der Waals surface area contributed by atoms with Crippen molar-refractivity contribution in [3.63, 3.8) is 0 Å². The number of hydrogen-bond donors (Lipinski definition) is 1. The summed E-state index contributed by atoms with van der Waals surface area (Å²) in [5, 5.41) is 11.6. The van der Waals surface area contributed by atoms with Crippen molar-refractivity contribution < 1.29 is 13.9 Å². The van der Waals surface area contributed by atoms with Gasteiger partial charge in [0, 0.05) is 5.56 Å². The van der Waals surface area contributed by atoms with Crippen LogP contribution in [-0.4, -0.2) is 5.11 Å². The van der Waals surface area contributed by atoms with E-state index >= 15 is 0 Å². The summed E-state index contributed by atoms with van der Waals surface area (Å²) in [6, 6.07) is 5.45. The second-order valence-corrected chi connectivity index (χ2v) is 5.52. The van der Waals surface area contributed by atoms with Gasteiger partial charge in [-0.25, -0.2) is 8.78 Å². The Balaban J connectivity index is 2.41. The molecule has 0 aliphatic heterocycles. The van der Waals surface area contributed by atoms with E-state index in [-0.39, 0.29) is 5.56 Å². The first-order chi connectivity index (χ1) is 7.59. The summed E-state index contributed by atoms with van der Waals surface area (Å²) in [6.45, 7) is 0. The molecule has 1 N–H and O–H groups in total. The summed E-state index contributed by atoms with van der Waals surface area (Å²) in [6.07, 6.45) is -1.14. The second kappa shape index (κ2) is 4.61. The van der Waals surface area contributed by atoms with Crippen LogP contribution >= 0.6 is 27.3 Å². The average molecular weight is 305 g/mol. The topological polar surface area (TPSA) is 20.2 Å². The Bertz CT molecular complexity index is 512. The van der Waals surface area contributed by atoms with Crippen LogP contribution in [0.25, 0.3) is 0 Å². The molecule has 2 aromatic rings. The van der Waals surface area contributed by atoms with E-state index in [1.165, 1.54) is 23.5 Å². The normalized spacial score (nSPS) is 12.8. The summed E-state index contributed by atoms with van der Waals surface area (Å²) >= 11 is 4.62. The quantitative estimate of drug-likeness (QED) is 0.893. The summed E-state index contributed by atoms with van der Waals surface area (Å²) in [5.74, 6) is -1.96. The molecule has 0 bridgehead atoms. The Morgan fingerprint density at radius 2 is 2.06 bits per heavy atom. The van der Waals surface area contributed by atoms with Crippen LogP contribution < -0.4 is 0 Å². The van der Waals surface area contributed by atoms with Crippen LogP contribution in [0.1, 0.15) is 17.2 Å². The molecule has 0 fully saturated rings. The zero-order chi connectivity index (χ0) is 11.7. The number of aliphatic hydroxyl groups is 1. The smallest absolute Gasteiger partial charge is 0.164 e. The Kier molecular flexibility index (Phi) is 3.37. The first kappa shape index (κ1) is 11.7. The van der Waals surface area contributed by atoms with Crippen LogP contribution in [0.2, 0.25) is 0 Å². The lowest BCUT2D eigenvalue weighted by molar-refractivity contribution is 0.214. The molecule has 2 rings (SSSR count). The molecule has 0 spiro atoms. The maximum absolute atomic E-state index is 13.4. The largest absolute Gasteiger partial charge is 0.384 e. The van der Waals surface area contributed by atoms with E-state index in [9.17, 15) is 13.9 Å². The minimum absolute atomic E-state index is 0.0506. The van der Waals surface area contributed by atoms with Gasteiger partial charge in [-0.05, 0) is 39.0 Å². The van der Waals surface area contributed by atoms with E-state index in [2.05, 4.69) is 15.9 Å². The molecule has 0 amide bonds. The van der Waals surface area contributed by atoms with Gasteiger partial charge in [0.25, 0.3) is 0 Å². The van der Waals surface area contributed by atoms with Crippen molar-refractivity contribution in [1.82, 2.24) is 0 Å². The highest BCUT2D eigenvalue weighted by Crippen LogP contribution is 2.30. The van der Waals surface area contributed by atoms with E-state index in [4.69, 9.17) is 0 Å². The van der Waals surface area contributed by atoms with E-state index in [1.54, 1.807) is 11.4 Å². The van der Waals surface area contributed by atoms with Gasteiger partial charge in [-0.1, -0.05) is 12.1 Å². The molecule has 1 atom stereocenters. The fourth-order valence-electron chi connectivity index (χ4n) is 1.38. The van der Waals surface area contributed by atoms with Gasteiger partial charge in [-0.3, -0.25) is 0 Å².